The Labute approximate surface area is 117 Å². The van der Waals surface area contributed by atoms with Crippen molar-refractivity contribution >= 4 is 28.1 Å². The predicted molar refractivity (Wildman–Crippen MR) is 74.6 cm³/mol. The highest BCUT2D eigenvalue weighted by Crippen LogP contribution is 2.20. The third kappa shape index (κ3) is 2.28. The summed E-state index contributed by atoms with van der Waals surface area (Å²) in [6.07, 6.45) is 1.73. The van der Waals surface area contributed by atoms with Crippen LogP contribution in [-0.4, -0.2) is 24.1 Å². The minimum absolute atomic E-state index is 0.0454. The number of thiazole rings is 1. The molecule has 0 aromatic carbocycles. The van der Waals surface area contributed by atoms with Gasteiger partial charge in [0.1, 0.15) is 5.82 Å². The standard InChI is InChI=1S/C11H11N5OS2/c1-7-13-14-11(15(7)2)19-6-8-5-9(17)16-3-4-18-10(16)12-8/h3-5H,6H2,1-2H3. The van der Waals surface area contributed by atoms with Crippen molar-refractivity contribution < 1.29 is 0 Å². The van der Waals surface area contributed by atoms with Gasteiger partial charge in [-0.1, -0.05) is 11.8 Å². The van der Waals surface area contributed by atoms with Gasteiger partial charge in [-0.25, -0.2) is 4.98 Å². The number of aryl methyl sites for hydroxylation is 1. The Hall–Kier alpha value is -1.67. The molecule has 0 bridgehead atoms. The van der Waals surface area contributed by atoms with Gasteiger partial charge in [0.25, 0.3) is 5.56 Å². The molecule has 0 saturated heterocycles. The van der Waals surface area contributed by atoms with Crippen LogP contribution >= 0.6 is 23.1 Å². The minimum atomic E-state index is -0.0454. The zero-order valence-electron chi connectivity index (χ0n) is 10.4. The van der Waals surface area contributed by atoms with Crippen molar-refractivity contribution in [2.75, 3.05) is 0 Å². The number of aromatic nitrogens is 5. The molecule has 0 unspecified atom stereocenters. The lowest BCUT2D eigenvalue weighted by molar-refractivity contribution is 0.765. The summed E-state index contributed by atoms with van der Waals surface area (Å²) >= 11 is 2.98. The second-order valence-corrected chi connectivity index (χ2v) is 5.83. The van der Waals surface area contributed by atoms with E-state index in [0.717, 1.165) is 21.6 Å². The van der Waals surface area contributed by atoms with Crippen LogP contribution in [0.2, 0.25) is 0 Å². The molecule has 0 radical (unpaired) electrons. The van der Waals surface area contributed by atoms with Gasteiger partial charge in [0.2, 0.25) is 0 Å². The molecule has 3 aromatic rings. The molecule has 0 aliphatic rings. The van der Waals surface area contributed by atoms with Gasteiger partial charge in [0, 0.05) is 30.4 Å². The van der Waals surface area contributed by atoms with Crippen molar-refractivity contribution in [2.24, 2.45) is 7.05 Å². The highest BCUT2D eigenvalue weighted by atomic mass is 32.2. The van der Waals surface area contributed by atoms with E-state index in [-0.39, 0.29) is 5.56 Å². The van der Waals surface area contributed by atoms with Gasteiger partial charge in [0.15, 0.2) is 10.1 Å². The fourth-order valence-electron chi connectivity index (χ4n) is 1.61. The fraction of sp³-hybridized carbons (Fsp3) is 0.273. The Morgan fingerprint density at radius 1 is 1.42 bits per heavy atom. The molecule has 3 aromatic heterocycles. The van der Waals surface area contributed by atoms with Crippen molar-refractivity contribution in [2.45, 2.75) is 17.8 Å². The maximum absolute atomic E-state index is 11.8. The highest BCUT2D eigenvalue weighted by Gasteiger charge is 2.08. The molecule has 0 amide bonds. The van der Waals surface area contributed by atoms with Crippen LogP contribution in [-0.2, 0) is 12.8 Å². The first-order valence-electron chi connectivity index (χ1n) is 5.60. The second-order valence-electron chi connectivity index (χ2n) is 4.02. The summed E-state index contributed by atoms with van der Waals surface area (Å²) in [5, 5.41) is 10.7. The van der Waals surface area contributed by atoms with E-state index in [1.165, 1.54) is 23.1 Å². The number of hydrogen-bond donors (Lipinski definition) is 0. The first-order valence-corrected chi connectivity index (χ1v) is 7.46. The van der Waals surface area contributed by atoms with Crippen LogP contribution in [0.25, 0.3) is 4.96 Å². The molecule has 98 valence electrons. The van der Waals surface area contributed by atoms with Crippen LogP contribution < -0.4 is 5.56 Å². The van der Waals surface area contributed by atoms with Crippen LogP contribution in [0.15, 0.2) is 27.6 Å². The Morgan fingerprint density at radius 2 is 2.26 bits per heavy atom. The zero-order valence-corrected chi connectivity index (χ0v) is 12.0. The van der Waals surface area contributed by atoms with Gasteiger partial charge in [0.05, 0.1) is 5.69 Å². The highest BCUT2D eigenvalue weighted by molar-refractivity contribution is 7.98. The smallest absolute Gasteiger partial charge is 0.258 e. The van der Waals surface area contributed by atoms with Gasteiger partial charge < -0.3 is 4.57 Å². The van der Waals surface area contributed by atoms with E-state index in [0.29, 0.717) is 5.75 Å². The molecule has 3 heterocycles. The summed E-state index contributed by atoms with van der Waals surface area (Å²) in [6.45, 7) is 1.90. The molecule has 6 nitrogen and oxygen atoms in total. The van der Waals surface area contributed by atoms with E-state index in [2.05, 4.69) is 15.2 Å². The number of hydrogen-bond acceptors (Lipinski definition) is 6. The lowest BCUT2D eigenvalue weighted by Crippen LogP contribution is -2.12. The van der Waals surface area contributed by atoms with Crippen LogP contribution in [0, 0.1) is 6.92 Å². The maximum Gasteiger partial charge on any atom is 0.258 e. The number of fused-ring (bicyclic) bond motifs is 1. The Kier molecular flexibility index (Phi) is 3.11. The van der Waals surface area contributed by atoms with Crippen molar-refractivity contribution in [1.29, 1.82) is 0 Å². The third-order valence-corrected chi connectivity index (χ3v) is 4.57. The lowest BCUT2D eigenvalue weighted by atomic mass is 10.4. The molecular weight excluding hydrogens is 282 g/mol. The van der Waals surface area contributed by atoms with Crippen molar-refractivity contribution in [1.82, 2.24) is 24.1 Å². The summed E-state index contributed by atoms with van der Waals surface area (Å²) in [7, 11) is 1.92. The lowest BCUT2D eigenvalue weighted by Gasteiger charge is -2.01. The average Bonchev–Trinajstić information content (AvgIpc) is 2.97. The van der Waals surface area contributed by atoms with E-state index < -0.39 is 0 Å². The SMILES string of the molecule is Cc1nnc(SCc2cc(=O)n3ccsc3n2)n1C. The summed E-state index contributed by atoms with van der Waals surface area (Å²) < 4.78 is 3.46. The number of rotatable bonds is 3. The van der Waals surface area contributed by atoms with Gasteiger partial charge in [-0.3, -0.25) is 9.20 Å². The third-order valence-electron chi connectivity index (χ3n) is 2.76. The van der Waals surface area contributed by atoms with Gasteiger partial charge >= 0.3 is 0 Å². The molecule has 3 rings (SSSR count). The summed E-state index contributed by atoms with van der Waals surface area (Å²) in [5.41, 5.74) is 0.717. The second kappa shape index (κ2) is 4.78. The monoisotopic (exact) mass is 293 g/mol. The summed E-state index contributed by atoms with van der Waals surface area (Å²) in [5.74, 6) is 1.47. The van der Waals surface area contributed by atoms with Crippen LogP contribution in [0.5, 0.6) is 0 Å². The van der Waals surface area contributed by atoms with E-state index in [4.69, 9.17) is 0 Å². The molecule has 19 heavy (non-hydrogen) atoms. The number of nitrogens with zero attached hydrogens (tertiary/aromatic N) is 5. The maximum atomic E-state index is 11.8. The van der Waals surface area contributed by atoms with E-state index in [1.54, 1.807) is 16.7 Å². The Bertz CT molecular complexity index is 788. The first kappa shape index (κ1) is 12.4. The molecule has 0 fully saturated rings. The van der Waals surface area contributed by atoms with Gasteiger partial charge in [-0.2, -0.15) is 0 Å². The fourth-order valence-corrected chi connectivity index (χ4v) is 3.20. The molecular formula is C11H11N5OS2. The summed E-state index contributed by atoms with van der Waals surface area (Å²) in [4.78, 5) is 17.0. The molecule has 0 saturated carbocycles. The molecule has 0 spiro atoms. The first-order chi connectivity index (χ1) is 9.15. The van der Waals surface area contributed by atoms with Crippen molar-refractivity contribution in [3.05, 3.63) is 39.5 Å². The average molecular weight is 293 g/mol. The minimum Gasteiger partial charge on any atom is -0.309 e. The van der Waals surface area contributed by atoms with E-state index in [1.807, 2.05) is 23.9 Å². The number of thioether (sulfide) groups is 1. The van der Waals surface area contributed by atoms with Crippen molar-refractivity contribution in [3.8, 4) is 0 Å². The van der Waals surface area contributed by atoms with E-state index in [9.17, 15) is 4.79 Å². The van der Waals surface area contributed by atoms with Crippen LogP contribution in [0.4, 0.5) is 0 Å². The Balaban J connectivity index is 1.85. The normalized spacial score (nSPS) is 11.3. The Morgan fingerprint density at radius 3 is 3.00 bits per heavy atom. The van der Waals surface area contributed by atoms with E-state index >= 15 is 0 Å². The summed E-state index contributed by atoms with van der Waals surface area (Å²) in [6, 6.07) is 1.57. The quantitative estimate of drug-likeness (QED) is 0.684. The molecule has 0 atom stereocenters. The van der Waals surface area contributed by atoms with Gasteiger partial charge in [-0.05, 0) is 6.92 Å². The predicted octanol–water partition coefficient (Wildman–Crippen LogP) is 1.49. The largest absolute Gasteiger partial charge is 0.309 e. The molecule has 8 heteroatoms. The zero-order chi connectivity index (χ0) is 13.4. The molecule has 0 aliphatic heterocycles. The van der Waals surface area contributed by atoms with Crippen molar-refractivity contribution in [3.63, 3.8) is 0 Å². The van der Waals surface area contributed by atoms with Crippen LogP contribution in [0.1, 0.15) is 11.5 Å². The molecule has 0 N–H and O–H groups in total. The molecule has 0 aliphatic carbocycles. The topological polar surface area (TPSA) is 65.1 Å². The van der Waals surface area contributed by atoms with Gasteiger partial charge in [-0.15, -0.1) is 21.5 Å². The van der Waals surface area contributed by atoms with Crippen LogP contribution in [0.3, 0.4) is 0 Å².